The Morgan fingerprint density at radius 3 is 2.54 bits per heavy atom. The summed E-state index contributed by atoms with van der Waals surface area (Å²) in [4.78, 5) is 12.1. The summed E-state index contributed by atoms with van der Waals surface area (Å²) in [7, 11) is 0. The summed E-state index contributed by atoms with van der Waals surface area (Å²) in [6.07, 6.45) is 0. The number of esters is 1. The van der Waals surface area contributed by atoms with E-state index in [1.165, 1.54) is 0 Å². The second kappa shape index (κ2) is 7.23. The van der Waals surface area contributed by atoms with Crippen LogP contribution in [-0.4, -0.2) is 24.3 Å². The highest BCUT2D eigenvalue weighted by atomic mass is 35.5. The lowest BCUT2D eigenvalue weighted by Gasteiger charge is -2.10. The lowest BCUT2D eigenvalue weighted by atomic mass is 10.1. The van der Waals surface area contributed by atoms with Crippen molar-refractivity contribution >= 4 is 28.3 Å². The summed E-state index contributed by atoms with van der Waals surface area (Å²) in [5.41, 5.74) is 0.131. The molecule has 0 saturated carbocycles. The van der Waals surface area contributed by atoms with Gasteiger partial charge in [-0.1, -0.05) is 54.1 Å². The molecule has 0 fully saturated rings. The van der Waals surface area contributed by atoms with Gasteiger partial charge in [0.25, 0.3) is 0 Å². The molecule has 0 bridgehead atoms. The summed E-state index contributed by atoms with van der Waals surface area (Å²) in [6, 6.07) is 17.7. The van der Waals surface area contributed by atoms with E-state index >= 15 is 0 Å². The van der Waals surface area contributed by atoms with Gasteiger partial charge in [-0.2, -0.15) is 0 Å². The number of hydrogen-bond donors (Lipinski definition) is 1. The smallest absolute Gasteiger partial charge is 0.342 e. The van der Waals surface area contributed by atoms with Gasteiger partial charge in [0.05, 0.1) is 5.02 Å². The van der Waals surface area contributed by atoms with Crippen molar-refractivity contribution in [2.75, 3.05) is 13.2 Å². The standard InChI is InChI=1S/C19H15ClO4/c20-16-7-3-4-8-17(16)23-11-12-24-19(22)15-10-9-13-5-1-2-6-14(13)18(15)21/h1-10,21H,11-12H2. The van der Waals surface area contributed by atoms with Crippen LogP contribution in [0.25, 0.3) is 10.8 Å². The van der Waals surface area contributed by atoms with Gasteiger partial charge < -0.3 is 14.6 Å². The number of halogens is 1. The minimum absolute atomic E-state index is 0.0519. The van der Waals surface area contributed by atoms with Gasteiger partial charge in [0.15, 0.2) is 0 Å². The molecule has 1 N–H and O–H groups in total. The Bertz CT molecular complexity index is 876. The molecule has 0 amide bonds. The second-order valence-electron chi connectivity index (χ2n) is 5.10. The highest BCUT2D eigenvalue weighted by Gasteiger charge is 2.15. The zero-order chi connectivity index (χ0) is 16.9. The van der Waals surface area contributed by atoms with Gasteiger partial charge in [-0.25, -0.2) is 4.79 Å². The predicted octanol–water partition coefficient (Wildman–Crippen LogP) is 4.43. The lowest BCUT2D eigenvalue weighted by Crippen LogP contribution is -2.12. The van der Waals surface area contributed by atoms with Gasteiger partial charge in [-0.05, 0) is 23.6 Å². The third-order valence-corrected chi connectivity index (χ3v) is 3.84. The van der Waals surface area contributed by atoms with E-state index in [-0.39, 0.29) is 24.5 Å². The van der Waals surface area contributed by atoms with Gasteiger partial charge in [0.2, 0.25) is 0 Å². The average Bonchev–Trinajstić information content (AvgIpc) is 2.60. The summed E-state index contributed by atoms with van der Waals surface area (Å²) in [5, 5.41) is 12.2. The molecule has 0 spiro atoms. The molecule has 3 aromatic rings. The third kappa shape index (κ3) is 3.44. The van der Waals surface area contributed by atoms with E-state index in [0.29, 0.717) is 16.2 Å². The number of aromatic hydroxyl groups is 1. The van der Waals surface area contributed by atoms with Crippen molar-refractivity contribution in [3.8, 4) is 11.5 Å². The van der Waals surface area contributed by atoms with E-state index < -0.39 is 5.97 Å². The largest absolute Gasteiger partial charge is 0.506 e. The SMILES string of the molecule is O=C(OCCOc1ccccc1Cl)c1ccc2ccccc2c1O. The molecule has 3 aromatic carbocycles. The monoisotopic (exact) mass is 342 g/mol. The Morgan fingerprint density at radius 1 is 0.958 bits per heavy atom. The van der Waals surface area contributed by atoms with Crippen LogP contribution < -0.4 is 4.74 Å². The molecule has 0 aliphatic heterocycles. The molecule has 24 heavy (non-hydrogen) atoms. The first kappa shape index (κ1) is 16.1. The molecule has 5 heteroatoms. The lowest BCUT2D eigenvalue weighted by molar-refractivity contribution is 0.0447. The van der Waals surface area contributed by atoms with E-state index in [9.17, 15) is 9.90 Å². The molecule has 3 rings (SSSR count). The van der Waals surface area contributed by atoms with Crippen molar-refractivity contribution in [2.45, 2.75) is 0 Å². The molecule has 4 nitrogen and oxygen atoms in total. The van der Waals surface area contributed by atoms with Gasteiger partial charge in [-0.3, -0.25) is 0 Å². The normalized spacial score (nSPS) is 10.5. The first-order valence-electron chi connectivity index (χ1n) is 7.42. The number of ether oxygens (including phenoxy) is 2. The van der Waals surface area contributed by atoms with Crippen molar-refractivity contribution in [3.63, 3.8) is 0 Å². The molecule has 122 valence electrons. The van der Waals surface area contributed by atoms with Crippen molar-refractivity contribution in [1.29, 1.82) is 0 Å². The van der Waals surface area contributed by atoms with Gasteiger partial charge in [0, 0.05) is 5.39 Å². The Balaban J connectivity index is 1.61. The maximum atomic E-state index is 12.1. The zero-order valence-electron chi connectivity index (χ0n) is 12.7. The van der Waals surface area contributed by atoms with Crippen LogP contribution in [0.1, 0.15) is 10.4 Å². The first-order chi connectivity index (χ1) is 11.7. The van der Waals surface area contributed by atoms with Crippen molar-refractivity contribution in [1.82, 2.24) is 0 Å². The number of phenols is 1. The highest BCUT2D eigenvalue weighted by Crippen LogP contribution is 2.29. The van der Waals surface area contributed by atoms with Crippen LogP contribution in [0.15, 0.2) is 60.7 Å². The zero-order valence-corrected chi connectivity index (χ0v) is 13.5. The number of benzene rings is 3. The summed E-state index contributed by atoms with van der Waals surface area (Å²) >= 11 is 5.97. The molecule has 0 aromatic heterocycles. The minimum Gasteiger partial charge on any atom is -0.506 e. The van der Waals surface area contributed by atoms with Gasteiger partial charge in [0.1, 0.15) is 30.3 Å². The third-order valence-electron chi connectivity index (χ3n) is 3.53. The maximum absolute atomic E-state index is 12.1. The Hall–Kier alpha value is -2.72. The van der Waals surface area contributed by atoms with Crippen molar-refractivity contribution in [2.24, 2.45) is 0 Å². The molecule has 0 aliphatic carbocycles. The molecular weight excluding hydrogens is 328 g/mol. The number of fused-ring (bicyclic) bond motifs is 1. The molecule has 0 aliphatic rings. The van der Waals surface area contributed by atoms with E-state index in [0.717, 1.165) is 5.39 Å². The average molecular weight is 343 g/mol. The maximum Gasteiger partial charge on any atom is 0.342 e. The molecular formula is C19H15ClO4. The topological polar surface area (TPSA) is 55.8 Å². The highest BCUT2D eigenvalue weighted by molar-refractivity contribution is 6.32. The van der Waals surface area contributed by atoms with Crippen LogP contribution in [0.2, 0.25) is 5.02 Å². The fraction of sp³-hybridized carbons (Fsp3) is 0.105. The molecule has 0 radical (unpaired) electrons. The van der Waals surface area contributed by atoms with Crippen molar-refractivity contribution < 1.29 is 19.4 Å². The molecule has 0 saturated heterocycles. The quantitative estimate of drug-likeness (QED) is 0.550. The van der Waals surface area contributed by atoms with Crippen LogP contribution in [-0.2, 0) is 4.74 Å². The number of phenolic OH excluding ortho intramolecular Hbond substituents is 1. The minimum atomic E-state index is -0.596. The Morgan fingerprint density at radius 2 is 1.71 bits per heavy atom. The molecule has 0 unspecified atom stereocenters. The van der Waals surface area contributed by atoms with Gasteiger partial charge >= 0.3 is 5.97 Å². The van der Waals surface area contributed by atoms with Crippen LogP contribution in [0.5, 0.6) is 11.5 Å². The van der Waals surface area contributed by atoms with E-state index in [1.807, 2.05) is 12.1 Å². The molecule has 0 atom stereocenters. The molecule has 0 heterocycles. The van der Waals surface area contributed by atoms with E-state index in [2.05, 4.69) is 0 Å². The van der Waals surface area contributed by atoms with Crippen molar-refractivity contribution in [3.05, 3.63) is 71.2 Å². The number of rotatable bonds is 5. The first-order valence-corrected chi connectivity index (χ1v) is 7.80. The predicted molar refractivity (Wildman–Crippen MR) is 92.8 cm³/mol. The summed E-state index contributed by atoms with van der Waals surface area (Å²) in [5.74, 6) is -0.144. The Labute approximate surface area is 144 Å². The van der Waals surface area contributed by atoms with E-state index in [1.54, 1.807) is 48.5 Å². The fourth-order valence-corrected chi connectivity index (χ4v) is 2.54. The summed E-state index contributed by atoms with van der Waals surface area (Å²) < 4.78 is 10.6. The van der Waals surface area contributed by atoms with Crippen LogP contribution in [0, 0.1) is 0 Å². The number of carbonyl (C=O) groups is 1. The van der Waals surface area contributed by atoms with Crippen LogP contribution >= 0.6 is 11.6 Å². The number of carbonyl (C=O) groups excluding carboxylic acids is 1. The van der Waals surface area contributed by atoms with E-state index in [4.69, 9.17) is 21.1 Å². The Kier molecular flexibility index (Phi) is 4.87. The number of para-hydroxylation sites is 1. The van der Waals surface area contributed by atoms with Gasteiger partial charge in [-0.15, -0.1) is 0 Å². The summed E-state index contributed by atoms with van der Waals surface area (Å²) in [6.45, 7) is 0.222. The second-order valence-corrected chi connectivity index (χ2v) is 5.50. The van der Waals surface area contributed by atoms with Crippen LogP contribution in [0.4, 0.5) is 0 Å². The number of hydrogen-bond acceptors (Lipinski definition) is 4. The fourth-order valence-electron chi connectivity index (χ4n) is 2.35. The van der Waals surface area contributed by atoms with Crippen LogP contribution in [0.3, 0.4) is 0 Å².